The predicted molar refractivity (Wildman–Crippen MR) is 111 cm³/mol. The van der Waals surface area contributed by atoms with Crippen molar-refractivity contribution in [1.82, 2.24) is 15.8 Å². The van der Waals surface area contributed by atoms with Crippen LogP contribution >= 0.6 is 24.0 Å². The summed E-state index contributed by atoms with van der Waals surface area (Å²) in [6.07, 6.45) is 1.69. The average Bonchev–Trinajstić information content (AvgIpc) is 3.04. The third-order valence-corrected chi connectivity index (χ3v) is 3.27. The van der Waals surface area contributed by atoms with Gasteiger partial charge in [0.25, 0.3) is 0 Å². The molecule has 0 bridgehead atoms. The summed E-state index contributed by atoms with van der Waals surface area (Å²) in [6, 6.07) is 8.03. The molecule has 0 aliphatic rings. The monoisotopic (exact) mass is 458 g/mol. The van der Waals surface area contributed by atoms with E-state index in [0.717, 1.165) is 29.5 Å². The first-order valence-corrected chi connectivity index (χ1v) is 8.26. The van der Waals surface area contributed by atoms with Crippen LogP contribution in [0.4, 0.5) is 0 Å². The smallest absolute Gasteiger partial charge is 0.191 e. The molecule has 25 heavy (non-hydrogen) atoms. The zero-order chi connectivity index (χ0) is 17.4. The molecule has 2 N–H and O–H groups in total. The molecule has 7 heteroatoms. The van der Waals surface area contributed by atoms with Crippen molar-refractivity contribution >= 4 is 29.9 Å². The Kier molecular flexibility index (Phi) is 9.33. The maximum absolute atomic E-state index is 5.90. The summed E-state index contributed by atoms with van der Waals surface area (Å²) < 4.78 is 10.7. The fourth-order valence-electron chi connectivity index (χ4n) is 2.17. The topological polar surface area (TPSA) is 71.7 Å². The highest BCUT2D eigenvalue weighted by atomic mass is 127. The highest BCUT2D eigenvalue weighted by Crippen LogP contribution is 2.22. The first kappa shape index (κ1) is 21.3. The maximum atomic E-state index is 5.90. The van der Waals surface area contributed by atoms with Gasteiger partial charge in [0.2, 0.25) is 0 Å². The Morgan fingerprint density at radius 3 is 2.72 bits per heavy atom. The van der Waals surface area contributed by atoms with Gasteiger partial charge in [-0.2, -0.15) is 0 Å². The molecular formula is C18H27IN4O2. The van der Waals surface area contributed by atoms with Gasteiger partial charge in [0.15, 0.2) is 5.96 Å². The quantitative estimate of drug-likeness (QED) is 0.377. The van der Waals surface area contributed by atoms with Crippen molar-refractivity contribution < 1.29 is 9.26 Å². The average molecular weight is 458 g/mol. The molecule has 0 saturated carbocycles. The second-order valence-corrected chi connectivity index (χ2v) is 5.82. The summed E-state index contributed by atoms with van der Waals surface area (Å²) in [5.41, 5.74) is 3.07. The van der Waals surface area contributed by atoms with Gasteiger partial charge in [-0.05, 0) is 39.3 Å². The van der Waals surface area contributed by atoms with Gasteiger partial charge >= 0.3 is 0 Å². The van der Waals surface area contributed by atoms with Crippen LogP contribution in [0.3, 0.4) is 0 Å². The number of guanidine groups is 1. The van der Waals surface area contributed by atoms with Gasteiger partial charge in [-0.25, -0.2) is 4.99 Å². The highest BCUT2D eigenvalue weighted by Gasteiger charge is 2.07. The second kappa shape index (κ2) is 11.0. The van der Waals surface area contributed by atoms with E-state index in [1.807, 2.05) is 26.8 Å². The summed E-state index contributed by atoms with van der Waals surface area (Å²) in [6.45, 7) is 10.0. The SMILES string of the molecule is CCNC(=NCc1ccc(C)cc1OC(C)C)NCc1ccon1.I. The van der Waals surface area contributed by atoms with E-state index in [4.69, 9.17) is 9.26 Å². The molecule has 2 aromatic rings. The molecule has 0 radical (unpaired) electrons. The van der Waals surface area contributed by atoms with Crippen LogP contribution in [0.25, 0.3) is 0 Å². The summed E-state index contributed by atoms with van der Waals surface area (Å²) >= 11 is 0. The number of rotatable bonds is 7. The second-order valence-electron chi connectivity index (χ2n) is 5.82. The molecule has 2 rings (SSSR count). The lowest BCUT2D eigenvalue weighted by Crippen LogP contribution is -2.36. The number of aliphatic imine (C=N–C) groups is 1. The first-order chi connectivity index (χ1) is 11.6. The zero-order valence-corrected chi connectivity index (χ0v) is 17.5. The number of aromatic nitrogens is 1. The number of ether oxygens (including phenoxy) is 1. The molecule has 0 spiro atoms. The minimum absolute atomic E-state index is 0. The van der Waals surface area contributed by atoms with Gasteiger partial charge < -0.3 is 19.9 Å². The third-order valence-electron chi connectivity index (χ3n) is 3.27. The van der Waals surface area contributed by atoms with E-state index in [0.29, 0.717) is 13.1 Å². The predicted octanol–water partition coefficient (Wildman–Crippen LogP) is 3.64. The van der Waals surface area contributed by atoms with Crippen LogP contribution in [-0.2, 0) is 13.1 Å². The van der Waals surface area contributed by atoms with Crippen LogP contribution in [0.15, 0.2) is 40.0 Å². The Labute approximate surface area is 166 Å². The Morgan fingerprint density at radius 2 is 2.08 bits per heavy atom. The minimum Gasteiger partial charge on any atom is -0.491 e. The standard InChI is InChI=1S/C18H26N4O2.HI/c1-5-19-18(21-12-16-8-9-23-22-16)20-11-15-7-6-14(4)10-17(15)24-13(2)3;/h6-10,13H,5,11-12H2,1-4H3,(H2,19,20,21);1H. The van der Waals surface area contributed by atoms with E-state index in [-0.39, 0.29) is 30.1 Å². The zero-order valence-electron chi connectivity index (χ0n) is 15.2. The number of nitrogens with one attached hydrogen (secondary N) is 2. The molecule has 0 amide bonds. The molecule has 0 fully saturated rings. The van der Waals surface area contributed by atoms with Gasteiger partial charge in [-0.3, -0.25) is 0 Å². The Balaban J connectivity index is 0.00000312. The van der Waals surface area contributed by atoms with Crippen LogP contribution < -0.4 is 15.4 Å². The fraction of sp³-hybridized carbons (Fsp3) is 0.444. The molecule has 0 aliphatic heterocycles. The lowest BCUT2D eigenvalue weighted by Gasteiger charge is -2.15. The van der Waals surface area contributed by atoms with Crippen molar-refractivity contribution in [3.8, 4) is 5.75 Å². The molecular weight excluding hydrogens is 431 g/mol. The van der Waals surface area contributed by atoms with Gasteiger partial charge in [0.05, 0.1) is 19.2 Å². The van der Waals surface area contributed by atoms with E-state index in [1.54, 1.807) is 6.26 Å². The number of nitrogens with zero attached hydrogens (tertiary/aromatic N) is 2. The van der Waals surface area contributed by atoms with Gasteiger partial charge in [0, 0.05) is 18.2 Å². The number of hydrogen-bond acceptors (Lipinski definition) is 4. The van der Waals surface area contributed by atoms with Crippen LogP contribution in [0.2, 0.25) is 0 Å². The largest absolute Gasteiger partial charge is 0.491 e. The number of hydrogen-bond donors (Lipinski definition) is 2. The van der Waals surface area contributed by atoms with Crippen molar-refractivity contribution in [2.24, 2.45) is 4.99 Å². The van der Waals surface area contributed by atoms with E-state index in [2.05, 4.69) is 45.9 Å². The van der Waals surface area contributed by atoms with Crippen molar-refractivity contribution in [3.63, 3.8) is 0 Å². The first-order valence-electron chi connectivity index (χ1n) is 8.26. The van der Waals surface area contributed by atoms with Crippen LogP contribution in [0.1, 0.15) is 37.6 Å². The Morgan fingerprint density at radius 1 is 1.28 bits per heavy atom. The summed E-state index contributed by atoms with van der Waals surface area (Å²) in [4.78, 5) is 4.64. The minimum atomic E-state index is 0. The summed E-state index contributed by atoms with van der Waals surface area (Å²) in [5, 5.41) is 10.3. The van der Waals surface area contributed by atoms with Crippen molar-refractivity contribution in [2.75, 3.05) is 6.54 Å². The number of halogens is 1. The Bertz CT molecular complexity index is 657. The molecule has 0 aliphatic carbocycles. The van der Waals surface area contributed by atoms with Crippen LogP contribution in [0.5, 0.6) is 5.75 Å². The van der Waals surface area contributed by atoms with Crippen molar-refractivity contribution in [3.05, 3.63) is 47.3 Å². The normalized spacial score (nSPS) is 11.2. The van der Waals surface area contributed by atoms with Gasteiger partial charge in [-0.15, -0.1) is 24.0 Å². The molecule has 6 nitrogen and oxygen atoms in total. The number of benzene rings is 1. The van der Waals surface area contributed by atoms with Gasteiger partial charge in [0.1, 0.15) is 17.7 Å². The molecule has 1 aromatic heterocycles. The van der Waals surface area contributed by atoms with E-state index >= 15 is 0 Å². The lowest BCUT2D eigenvalue weighted by atomic mass is 10.1. The third kappa shape index (κ3) is 7.33. The van der Waals surface area contributed by atoms with E-state index in [9.17, 15) is 0 Å². The summed E-state index contributed by atoms with van der Waals surface area (Å²) in [7, 11) is 0. The molecule has 0 saturated heterocycles. The van der Waals surface area contributed by atoms with E-state index in [1.165, 1.54) is 5.56 Å². The molecule has 1 aromatic carbocycles. The lowest BCUT2D eigenvalue weighted by molar-refractivity contribution is 0.240. The van der Waals surface area contributed by atoms with Crippen molar-refractivity contribution in [2.45, 2.75) is 46.9 Å². The number of aryl methyl sites for hydroxylation is 1. The highest BCUT2D eigenvalue weighted by molar-refractivity contribution is 14.0. The summed E-state index contributed by atoms with van der Waals surface area (Å²) in [5.74, 6) is 1.62. The van der Waals surface area contributed by atoms with Gasteiger partial charge in [-0.1, -0.05) is 17.3 Å². The van der Waals surface area contributed by atoms with Crippen molar-refractivity contribution in [1.29, 1.82) is 0 Å². The van der Waals surface area contributed by atoms with Crippen LogP contribution in [-0.4, -0.2) is 23.8 Å². The molecule has 138 valence electrons. The molecule has 0 atom stereocenters. The maximum Gasteiger partial charge on any atom is 0.191 e. The Hall–Kier alpha value is -1.77. The molecule has 0 unspecified atom stereocenters. The fourth-order valence-corrected chi connectivity index (χ4v) is 2.17. The molecule has 1 heterocycles. The van der Waals surface area contributed by atoms with Crippen LogP contribution in [0, 0.1) is 6.92 Å². The van der Waals surface area contributed by atoms with E-state index < -0.39 is 0 Å².